The molecule has 0 bridgehead atoms. The number of benzene rings is 1. The summed E-state index contributed by atoms with van der Waals surface area (Å²) >= 11 is 0. The summed E-state index contributed by atoms with van der Waals surface area (Å²) in [5.41, 5.74) is 1.19. The monoisotopic (exact) mass is 251 g/mol. The molecule has 0 amide bonds. The van der Waals surface area contributed by atoms with Crippen LogP contribution in [0.15, 0.2) is 18.2 Å². The molecule has 1 aromatic rings. The summed E-state index contributed by atoms with van der Waals surface area (Å²) in [6.07, 6.45) is 3.37. The number of ether oxygens (including phenoxy) is 2. The van der Waals surface area contributed by atoms with Crippen molar-refractivity contribution in [2.75, 3.05) is 20.3 Å². The van der Waals surface area contributed by atoms with E-state index in [1.165, 1.54) is 5.56 Å². The van der Waals surface area contributed by atoms with E-state index in [-0.39, 0.29) is 0 Å². The maximum atomic E-state index is 5.83. The van der Waals surface area contributed by atoms with Crippen LogP contribution in [-0.2, 0) is 6.54 Å². The van der Waals surface area contributed by atoms with E-state index < -0.39 is 0 Å². The molecule has 0 heterocycles. The molecule has 0 unspecified atom stereocenters. The van der Waals surface area contributed by atoms with E-state index in [4.69, 9.17) is 9.47 Å². The molecular formula is C15H25NO2. The van der Waals surface area contributed by atoms with Crippen molar-refractivity contribution < 1.29 is 9.47 Å². The first-order chi connectivity index (χ1) is 8.81. The van der Waals surface area contributed by atoms with Crippen LogP contribution >= 0.6 is 0 Å². The molecule has 102 valence electrons. The Morgan fingerprint density at radius 1 is 1.17 bits per heavy atom. The van der Waals surface area contributed by atoms with Gasteiger partial charge in [0.05, 0.1) is 13.7 Å². The lowest BCUT2D eigenvalue weighted by Gasteiger charge is -2.13. The van der Waals surface area contributed by atoms with Crippen LogP contribution in [0.3, 0.4) is 0 Å². The molecule has 3 nitrogen and oxygen atoms in total. The van der Waals surface area contributed by atoms with Gasteiger partial charge in [0.15, 0.2) is 0 Å². The van der Waals surface area contributed by atoms with Crippen LogP contribution in [0.25, 0.3) is 0 Å². The second-order valence-electron chi connectivity index (χ2n) is 4.35. The van der Waals surface area contributed by atoms with Gasteiger partial charge in [-0.1, -0.05) is 26.3 Å². The first-order valence-electron chi connectivity index (χ1n) is 6.82. The van der Waals surface area contributed by atoms with Gasteiger partial charge in [0, 0.05) is 18.2 Å². The fourth-order valence-corrected chi connectivity index (χ4v) is 1.67. The molecule has 0 atom stereocenters. The van der Waals surface area contributed by atoms with E-state index in [0.717, 1.165) is 50.5 Å². The molecule has 0 aliphatic rings. The van der Waals surface area contributed by atoms with Crippen molar-refractivity contribution in [2.45, 2.75) is 39.7 Å². The van der Waals surface area contributed by atoms with Gasteiger partial charge in [0.1, 0.15) is 11.5 Å². The van der Waals surface area contributed by atoms with Crippen LogP contribution < -0.4 is 14.8 Å². The van der Waals surface area contributed by atoms with E-state index in [1.807, 2.05) is 12.1 Å². The molecule has 1 rings (SSSR count). The molecule has 0 saturated heterocycles. The zero-order valence-corrected chi connectivity index (χ0v) is 11.8. The second kappa shape index (κ2) is 8.81. The Hall–Kier alpha value is -1.22. The van der Waals surface area contributed by atoms with Crippen molar-refractivity contribution >= 4 is 0 Å². The number of unbranched alkanes of at least 4 members (excludes halogenated alkanes) is 1. The van der Waals surface area contributed by atoms with Crippen LogP contribution in [0.1, 0.15) is 38.7 Å². The number of rotatable bonds is 9. The minimum absolute atomic E-state index is 0.768. The summed E-state index contributed by atoms with van der Waals surface area (Å²) in [5.74, 6) is 1.78. The lowest BCUT2D eigenvalue weighted by atomic mass is 10.2. The van der Waals surface area contributed by atoms with Crippen molar-refractivity contribution in [3.05, 3.63) is 23.8 Å². The lowest BCUT2D eigenvalue weighted by Crippen LogP contribution is -2.14. The Morgan fingerprint density at radius 3 is 2.67 bits per heavy atom. The third-order valence-corrected chi connectivity index (χ3v) is 2.77. The lowest BCUT2D eigenvalue weighted by molar-refractivity contribution is 0.303. The maximum Gasteiger partial charge on any atom is 0.127 e. The fraction of sp³-hybridized carbons (Fsp3) is 0.600. The van der Waals surface area contributed by atoms with E-state index in [2.05, 4.69) is 25.2 Å². The van der Waals surface area contributed by atoms with Gasteiger partial charge in [-0.2, -0.15) is 0 Å². The highest BCUT2D eigenvalue weighted by molar-refractivity contribution is 5.40. The summed E-state index contributed by atoms with van der Waals surface area (Å²) < 4.78 is 11.1. The molecule has 18 heavy (non-hydrogen) atoms. The zero-order valence-electron chi connectivity index (χ0n) is 11.8. The van der Waals surface area contributed by atoms with Crippen LogP contribution in [0.4, 0.5) is 0 Å². The number of nitrogens with one attached hydrogen (secondary N) is 1. The average molecular weight is 251 g/mol. The van der Waals surface area contributed by atoms with E-state index in [0.29, 0.717) is 0 Å². The number of hydrogen-bond acceptors (Lipinski definition) is 3. The van der Waals surface area contributed by atoms with E-state index >= 15 is 0 Å². The molecule has 0 aliphatic carbocycles. The van der Waals surface area contributed by atoms with Crippen LogP contribution in [-0.4, -0.2) is 20.3 Å². The average Bonchev–Trinajstić information content (AvgIpc) is 2.40. The van der Waals surface area contributed by atoms with Crippen molar-refractivity contribution in [3.63, 3.8) is 0 Å². The summed E-state index contributed by atoms with van der Waals surface area (Å²) in [7, 11) is 1.68. The topological polar surface area (TPSA) is 30.5 Å². The first-order valence-corrected chi connectivity index (χ1v) is 6.82. The first kappa shape index (κ1) is 14.8. The molecular weight excluding hydrogens is 226 g/mol. The summed E-state index contributed by atoms with van der Waals surface area (Å²) in [6.45, 7) is 6.97. The molecule has 0 aliphatic heterocycles. The van der Waals surface area contributed by atoms with Crippen LogP contribution in [0.5, 0.6) is 11.5 Å². The van der Waals surface area contributed by atoms with Gasteiger partial charge in [-0.25, -0.2) is 0 Å². The Kier molecular flexibility index (Phi) is 7.26. The van der Waals surface area contributed by atoms with Gasteiger partial charge in [-0.05, 0) is 25.5 Å². The molecule has 0 saturated carbocycles. The molecule has 1 aromatic carbocycles. The highest BCUT2D eigenvalue weighted by atomic mass is 16.5. The third-order valence-electron chi connectivity index (χ3n) is 2.77. The third kappa shape index (κ3) is 4.96. The van der Waals surface area contributed by atoms with Gasteiger partial charge in [-0.3, -0.25) is 0 Å². The van der Waals surface area contributed by atoms with Gasteiger partial charge in [0.2, 0.25) is 0 Å². The largest absolute Gasteiger partial charge is 0.497 e. The highest BCUT2D eigenvalue weighted by Gasteiger charge is 2.05. The van der Waals surface area contributed by atoms with Gasteiger partial charge >= 0.3 is 0 Å². The van der Waals surface area contributed by atoms with Crippen LogP contribution in [0.2, 0.25) is 0 Å². The minimum atomic E-state index is 0.768. The number of hydrogen-bond donors (Lipinski definition) is 1. The predicted octanol–water partition coefficient (Wildman–Crippen LogP) is 3.37. The molecule has 0 fully saturated rings. The van der Waals surface area contributed by atoms with Gasteiger partial charge in [0.25, 0.3) is 0 Å². The maximum absolute atomic E-state index is 5.83. The Labute approximate surface area is 110 Å². The summed E-state index contributed by atoms with van der Waals surface area (Å²) in [6, 6.07) is 6.02. The minimum Gasteiger partial charge on any atom is -0.497 e. The van der Waals surface area contributed by atoms with Gasteiger partial charge < -0.3 is 14.8 Å². The zero-order chi connectivity index (χ0) is 13.2. The van der Waals surface area contributed by atoms with Crippen molar-refractivity contribution in [1.82, 2.24) is 5.32 Å². The Balaban J connectivity index is 2.66. The fourth-order valence-electron chi connectivity index (χ4n) is 1.67. The smallest absolute Gasteiger partial charge is 0.127 e. The van der Waals surface area contributed by atoms with Gasteiger partial charge in [-0.15, -0.1) is 0 Å². The SMILES string of the molecule is CCCCOc1cc(OC)ccc1CNCCC. The molecule has 0 aromatic heterocycles. The Bertz CT molecular complexity index is 339. The standard InChI is InChI=1S/C15H25NO2/c1-4-6-10-18-15-11-14(17-3)8-7-13(15)12-16-9-5-2/h7-8,11,16H,4-6,9-10,12H2,1-3H3. The summed E-state index contributed by atoms with van der Waals surface area (Å²) in [5, 5.41) is 3.40. The molecule has 0 spiro atoms. The Morgan fingerprint density at radius 2 is 2.00 bits per heavy atom. The molecule has 3 heteroatoms. The normalized spacial score (nSPS) is 10.4. The van der Waals surface area contributed by atoms with E-state index in [1.54, 1.807) is 7.11 Å². The highest BCUT2D eigenvalue weighted by Crippen LogP contribution is 2.25. The van der Waals surface area contributed by atoms with Crippen LogP contribution in [0, 0.1) is 0 Å². The number of methoxy groups -OCH3 is 1. The van der Waals surface area contributed by atoms with E-state index in [9.17, 15) is 0 Å². The quantitative estimate of drug-likeness (QED) is 0.683. The molecule has 1 N–H and O–H groups in total. The second-order valence-corrected chi connectivity index (χ2v) is 4.35. The predicted molar refractivity (Wildman–Crippen MR) is 75.4 cm³/mol. The molecule has 0 radical (unpaired) electrons. The van der Waals surface area contributed by atoms with Crippen molar-refractivity contribution in [3.8, 4) is 11.5 Å². The summed E-state index contributed by atoms with van der Waals surface area (Å²) in [4.78, 5) is 0. The van der Waals surface area contributed by atoms with Crippen molar-refractivity contribution in [1.29, 1.82) is 0 Å². The van der Waals surface area contributed by atoms with Crippen molar-refractivity contribution in [2.24, 2.45) is 0 Å².